The molecule has 1 aliphatic carbocycles. The molecule has 35 heavy (non-hydrogen) atoms. The van der Waals surface area contributed by atoms with E-state index in [1.807, 2.05) is 38.1 Å². The van der Waals surface area contributed by atoms with Crippen molar-refractivity contribution < 1.29 is 24.2 Å². The van der Waals surface area contributed by atoms with Crippen LogP contribution in [0.4, 0.5) is 4.79 Å². The third-order valence-corrected chi connectivity index (χ3v) is 7.04. The zero-order valence-electron chi connectivity index (χ0n) is 19.5. The third kappa shape index (κ3) is 5.68. The summed E-state index contributed by atoms with van der Waals surface area (Å²) in [6.07, 6.45) is 0.771. The summed E-state index contributed by atoms with van der Waals surface area (Å²) in [7, 11) is 0. The van der Waals surface area contributed by atoms with E-state index in [4.69, 9.17) is 9.84 Å². The zero-order chi connectivity index (χ0) is 24.9. The Bertz CT molecular complexity index is 1190. The van der Waals surface area contributed by atoms with E-state index >= 15 is 0 Å². The lowest BCUT2D eigenvalue weighted by Gasteiger charge is -2.22. The topological polar surface area (TPSA) is 118 Å². The fourth-order valence-electron chi connectivity index (χ4n) is 4.18. The number of fused-ring (bicyclic) bond motifs is 3. The van der Waals surface area contributed by atoms with Crippen LogP contribution in [0.5, 0.6) is 0 Å². The van der Waals surface area contributed by atoms with Gasteiger partial charge in [0.15, 0.2) is 0 Å². The van der Waals surface area contributed by atoms with Crippen molar-refractivity contribution >= 4 is 29.3 Å². The number of carbonyl (C=O) groups excluding carboxylic acids is 2. The number of nitrogens with zero attached hydrogens (tertiary/aromatic N) is 1. The Balaban J connectivity index is 1.31. The molecule has 0 unspecified atom stereocenters. The van der Waals surface area contributed by atoms with Crippen LogP contribution in [0.15, 0.2) is 54.7 Å². The van der Waals surface area contributed by atoms with Crippen molar-refractivity contribution in [2.75, 3.05) is 6.61 Å². The molecule has 0 saturated carbocycles. The van der Waals surface area contributed by atoms with Gasteiger partial charge in [-0.1, -0.05) is 62.4 Å². The number of carboxylic acids is 1. The van der Waals surface area contributed by atoms with Gasteiger partial charge < -0.3 is 20.5 Å². The molecule has 2 aromatic carbocycles. The van der Waals surface area contributed by atoms with Gasteiger partial charge >= 0.3 is 12.1 Å². The van der Waals surface area contributed by atoms with Crippen molar-refractivity contribution in [2.24, 2.45) is 5.92 Å². The predicted molar refractivity (Wildman–Crippen MR) is 132 cm³/mol. The van der Waals surface area contributed by atoms with E-state index in [1.165, 1.54) is 6.20 Å². The number of hydrogen-bond donors (Lipinski definition) is 3. The molecule has 1 aromatic heterocycles. The van der Waals surface area contributed by atoms with E-state index in [9.17, 15) is 14.4 Å². The quantitative estimate of drug-likeness (QED) is 0.406. The van der Waals surface area contributed by atoms with Gasteiger partial charge in [-0.25, -0.2) is 14.6 Å². The van der Waals surface area contributed by atoms with Gasteiger partial charge in [0.1, 0.15) is 16.5 Å². The molecule has 1 heterocycles. The molecule has 1 aliphatic rings. The monoisotopic (exact) mass is 493 g/mol. The molecule has 0 aliphatic heterocycles. The van der Waals surface area contributed by atoms with E-state index in [-0.39, 0.29) is 42.2 Å². The first kappa shape index (κ1) is 24.4. The minimum atomic E-state index is -1.05. The molecule has 8 nitrogen and oxygen atoms in total. The maximum Gasteiger partial charge on any atom is 0.407 e. The molecule has 2 amide bonds. The van der Waals surface area contributed by atoms with E-state index in [2.05, 4.69) is 39.9 Å². The van der Waals surface area contributed by atoms with Gasteiger partial charge in [0.25, 0.3) is 0 Å². The standard InChI is InChI=1S/C26H27N3O5S/c1-15(2)21(11-23(30)27-13-24-28-12-22(35-24)25(31)32)29-26(33)34-14-20-18-9-5-3-7-16(18)17-8-4-6-10-19(17)20/h3-10,12,15,20-21H,11,13-14H2,1-2H3,(H,27,30)(H,29,33)(H,31,32)/t21-/m0/s1. The van der Waals surface area contributed by atoms with Crippen molar-refractivity contribution in [3.8, 4) is 11.1 Å². The maximum atomic E-state index is 12.6. The molecule has 3 N–H and O–H groups in total. The number of nitrogens with one attached hydrogen (secondary N) is 2. The van der Waals surface area contributed by atoms with E-state index in [0.29, 0.717) is 5.01 Å². The lowest BCUT2D eigenvalue weighted by atomic mass is 9.98. The fourth-order valence-corrected chi connectivity index (χ4v) is 4.88. The van der Waals surface area contributed by atoms with Crippen LogP contribution in [-0.4, -0.2) is 40.7 Å². The molecular formula is C26H27N3O5S. The van der Waals surface area contributed by atoms with Crippen molar-refractivity contribution in [3.63, 3.8) is 0 Å². The summed E-state index contributed by atoms with van der Waals surface area (Å²) in [5, 5.41) is 15.0. The Morgan fingerprint density at radius 1 is 1.06 bits per heavy atom. The van der Waals surface area contributed by atoms with Crippen LogP contribution >= 0.6 is 11.3 Å². The first-order valence-corrected chi connectivity index (χ1v) is 12.2. The second-order valence-electron chi connectivity index (χ2n) is 8.72. The molecule has 0 fully saturated rings. The van der Waals surface area contributed by atoms with Crippen molar-refractivity contribution in [3.05, 3.63) is 75.7 Å². The van der Waals surface area contributed by atoms with Crippen LogP contribution in [0.25, 0.3) is 11.1 Å². The Hall–Kier alpha value is -3.72. The number of carbonyl (C=O) groups is 3. The molecule has 3 aromatic rings. The average molecular weight is 494 g/mol. The highest BCUT2D eigenvalue weighted by Gasteiger charge is 2.29. The summed E-state index contributed by atoms with van der Waals surface area (Å²) in [5.41, 5.74) is 4.58. The van der Waals surface area contributed by atoms with Crippen LogP contribution in [0, 0.1) is 5.92 Å². The molecule has 0 saturated heterocycles. The number of rotatable bonds is 9. The number of hydrogen-bond acceptors (Lipinski definition) is 6. The average Bonchev–Trinajstić information content (AvgIpc) is 3.44. The van der Waals surface area contributed by atoms with Gasteiger partial charge in [0, 0.05) is 18.4 Å². The lowest BCUT2D eigenvalue weighted by Crippen LogP contribution is -2.42. The van der Waals surface area contributed by atoms with Gasteiger partial charge in [0.05, 0.1) is 12.7 Å². The van der Waals surface area contributed by atoms with E-state index in [1.54, 1.807) is 0 Å². The lowest BCUT2D eigenvalue weighted by molar-refractivity contribution is -0.121. The van der Waals surface area contributed by atoms with Crippen LogP contribution in [-0.2, 0) is 16.1 Å². The van der Waals surface area contributed by atoms with Gasteiger partial charge in [-0.3, -0.25) is 4.79 Å². The Morgan fingerprint density at radius 2 is 1.69 bits per heavy atom. The number of carboxylic acid groups (broad SMARTS) is 1. The normalized spacial score (nSPS) is 13.1. The Kier molecular flexibility index (Phi) is 7.45. The Morgan fingerprint density at radius 3 is 2.26 bits per heavy atom. The SMILES string of the molecule is CC(C)[C@H](CC(=O)NCc1ncc(C(=O)O)s1)NC(=O)OCC1c2ccccc2-c2ccccc21. The summed E-state index contributed by atoms with van der Waals surface area (Å²) < 4.78 is 5.61. The molecule has 0 spiro atoms. The van der Waals surface area contributed by atoms with Crippen molar-refractivity contribution in [2.45, 2.75) is 38.8 Å². The van der Waals surface area contributed by atoms with Crippen LogP contribution < -0.4 is 10.6 Å². The number of thiazole rings is 1. The summed E-state index contributed by atoms with van der Waals surface area (Å²) in [5.74, 6) is -1.36. The first-order valence-electron chi connectivity index (χ1n) is 11.4. The molecule has 4 rings (SSSR count). The van der Waals surface area contributed by atoms with Crippen molar-refractivity contribution in [1.82, 2.24) is 15.6 Å². The van der Waals surface area contributed by atoms with E-state index < -0.39 is 18.1 Å². The number of benzene rings is 2. The van der Waals surface area contributed by atoms with Crippen LogP contribution in [0.1, 0.15) is 52.0 Å². The fraction of sp³-hybridized carbons (Fsp3) is 0.308. The van der Waals surface area contributed by atoms with Crippen molar-refractivity contribution in [1.29, 1.82) is 0 Å². The minimum Gasteiger partial charge on any atom is -0.477 e. The highest BCUT2D eigenvalue weighted by atomic mass is 32.1. The van der Waals surface area contributed by atoms with Gasteiger partial charge in [-0.05, 0) is 28.2 Å². The molecule has 1 atom stereocenters. The number of amides is 2. The third-order valence-electron chi connectivity index (χ3n) is 6.06. The smallest absolute Gasteiger partial charge is 0.407 e. The largest absolute Gasteiger partial charge is 0.477 e. The molecule has 9 heteroatoms. The summed E-state index contributed by atoms with van der Waals surface area (Å²) in [4.78, 5) is 40.2. The summed E-state index contributed by atoms with van der Waals surface area (Å²) >= 11 is 1.01. The first-order chi connectivity index (χ1) is 16.8. The Labute approximate surface area is 207 Å². The molecule has 0 radical (unpaired) electrons. The summed E-state index contributed by atoms with van der Waals surface area (Å²) in [6.45, 7) is 4.17. The zero-order valence-corrected chi connectivity index (χ0v) is 20.3. The predicted octanol–water partition coefficient (Wildman–Crippen LogP) is 4.41. The van der Waals surface area contributed by atoms with Gasteiger partial charge in [0.2, 0.25) is 5.91 Å². The molecular weight excluding hydrogens is 466 g/mol. The molecule has 182 valence electrons. The van der Waals surface area contributed by atoms with E-state index in [0.717, 1.165) is 33.6 Å². The summed E-state index contributed by atoms with van der Waals surface area (Å²) in [6, 6.07) is 15.8. The number of ether oxygens (including phenoxy) is 1. The minimum absolute atomic E-state index is 0.000270. The van der Waals surface area contributed by atoms with Crippen LogP contribution in [0.2, 0.25) is 0 Å². The second-order valence-corrected chi connectivity index (χ2v) is 9.84. The number of aromatic carboxylic acids is 1. The highest BCUT2D eigenvalue weighted by molar-refractivity contribution is 7.13. The highest BCUT2D eigenvalue weighted by Crippen LogP contribution is 2.44. The molecule has 0 bridgehead atoms. The number of aromatic nitrogens is 1. The van der Waals surface area contributed by atoms with Crippen LogP contribution in [0.3, 0.4) is 0 Å². The maximum absolute atomic E-state index is 12.6. The number of alkyl carbamates (subject to hydrolysis) is 1. The van der Waals surface area contributed by atoms with Gasteiger partial charge in [-0.2, -0.15) is 0 Å². The van der Waals surface area contributed by atoms with Gasteiger partial charge in [-0.15, -0.1) is 11.3 Å². The second kappa shape index (κ2) is 10.7.